The van der Waals surface area contributed by atoms with E-state index in [0.717, 1.165) is 17.2 Å². The van der Waals surface area contributed by atoms with Crippen LogP contribution in [-0.4, -0.2) is 5.11 Å². The van der Waals surface area contributed by atoms with Crippen LogP contribution in [0.1, 0.15) is 5.56 Å². The smallest absolute Gasteiger partial charge is 0.123 e. The molecule has 0 spiro atoms. The fourth-order valence-corrected chi connectivity index (χ4v) is 1.61. The molecule has 1 heteroatoms. The van der Waals surface area contributed by atoms with Gasteiger partial charge in [0.2, 0.25) is 0 Å². The summed E-state index contributed by atoms with van der Waals surface area (Å²) in [5.41, 5.74) is 1.22. The molecule has 0 saturated heterocycles. The Morgan fingerprint density at radius 2 is 2.07 bits per heavy atom. The lowest BCUT2D eigenvalue weighted by Crippen LogP contribution is -1.81. The summed E-state index contributed by atoms with van der Waals surface area (Å²) in [5.74, 6) is 0.340. The van der Waals surface area contributed by atoms with E-state index in [-0.39, 0.29) is 0 Å². The van der Waals surface area contributed by atoms with Gasteiger partial charge >= 0.3 is 0 Å². The maximum atomic E-state index is 9.57. The second-order valence-electron chi connectivity index (χ2n) is 3.33. The summed E-state index contributed by atoms with van der Waals surface area (Å²) in [6.45, 7) is 3.70. The number of fused-ring (bicyclic) bond motifs is 1. The molecule has 70 valence electrons. The highest BCUT2D eigenvalue weighted by atomic mass is 16.3. The fourth-order valence-electron chi connectivity index (χ4n) is 1.61. The SMILES string of the molecule is C=CCc1ccc2c(O)cccc2c1. The van der Waals surface area contributed by atoms with Crippen LogP contribution in [0, 0.1) is 0 Å². The Kier molecular flexibility index (Phi) is 2.23. The first-order chi connectivity index (χ1) is 6.81. The predicted molar refractivity (Wildman–Crippen MR) is 59.5 cm³/mol. The van der Waals surface area contributed by atoms with Crippen molar-refractivity contribution in [3.8, 4) is 5.75 Å². The molecule has 2 aromatic rings. The van der Waals surface area contributed by atoms with E-state index in [0.29, 0.717) is 5.75 Å². The molecule has 1 nitrogen and oxygen atoms in total. The molecular weight excluding hydrogens is 172 g/mol. The van der Waals surface area contributed by atoms with Crippen molar-refractivity contribution in [1.29, 1.82) is 0 Å². The van der Waals surface area contributed by atoms with Crippen molar-refractivity contribution < 1.29 is 5.11 Å². The molecule has 0 radical (unpaired) electrons. The zero-order chi connectivity index (χ0) is 9.97. The van der Waals surface area contributed by atoms with Crippen LogP contribution in [0.2, 0.25) is 0 Å². The Bertz CT molecular complexity index is 472. The monoisotopic (exact) mass is 184 g/mol. The molecule has 0 bridgehead atoms. The predicted octanol–water partition coefficient (Wildman–Crippen LogP) is 3.27. The number of aromatic hydroxyl groups is 1. The zero-order valence-corrected chi connectivity index (χ0v) is 7.90. The molecule has 0 amide bonds. The van der Waals surface area contributed by atoms with Gasteiger partial charge in [0, 0.05) is 5.39 Å². The molecule has 14 heavy (non-hydrogen) atoms. The lowest BCUT2D eigenvalue weighted by Gasteiger charge is -2.02. The summed E-state index contributed by atoms with van der Waals surface area (Å²) in [4.78, 5) is 0. The first kappa shape index (κ1) is 8.82. The van der Waals surface area contributed by atoms with Crippen molar-refractivity contribution in [2.24, 2.45) is 0 Å². The first-order valence-electron chi connectivity index (χ1n) is 4.63. The summed E-state index contributed by atoms with van der Waals surface area (Å²) in [5, 5.41) is 11.5. The lowest BCUT2D eigenvalue weighted by atomic mass is 10.0. The minimum Gasteiger partial charge on any atom is -0.507 e. The molecule has 1 N–H and O–H groups in total. The van der Waals surface area contributed by atoms with Crippen molar-refractivity contribution >= 4 is 10.8 Å². The van der Waals surface area contributed by atoms with Crippen LogP contribution < -0.4 is 0 Å². The maximum Gasteiger partial charge on any atom is 0.123 e. The van der Waals surface area contributed by atoms with Crippen molar-refractivity contribution in [3.05, 3.63) is 54.6 Å². The summed E-state index contributed by atoms with van der Waals surface area (Å²) >= 11 is 0. The molecule has 0 aliphatic carbocycles. The van der Waals surface area contributed by atoms with E-state index in [1.54, 1.807) is 6.07 Å². The van der Waals surface area contributed by atoms with Gasteiger partial charge in [-0.1, -0.05) is 36.4 Å². The standard InChI is InChI=1S/C13H12O/c1-2-4-10-7-8-12-11(9-10)5-3-6-13(12)14/h2-3,5-9,14H,1,4H2. The van der Waals surface area contributed by atoms with Crippen molar-refractivity contribution in [2.45, 2.75) is 6.42 Å². The van der Waals surface area contributed by atoms with Crippen molar-refractivity contribution in [1.82, 2.24) is 0 Å². The maximum absolute atomic E-state index is 9.57. The van der Waals surface area contributed by atoms with E-state index in [1.807, 2.05) is 30.3 Å². The van der Waals surface area contributed by atoms with Crippen molar-refractivity contribution in [3.63, 3.8) is 0 Å². The van der Waals surface area contributed by atoms with Gasteiger partial charge in [-0.05, 0) is 23.4 Å². The van der Waals surface area contributed by atoms with Crippen LogP contribution in [0.5, 0.6) is 5.75 Å². The third-order valence-corrected chi connectivity index (χ3v) is 2.30. The second kappa shape index (κ2) is 3.54. The second-order valence-corrected chi connectivity index (χ2v) is 3.33. The number of phenols is 1. The number of hydrogen-bond acceptors (Lipinski definition) is 1. The lowest BCUT2D eigenvalue weighted by molar-refractivity contribution is 0.481. The number of benzene rings is 2. The number of allylic oxidation sites excluding steroid dienone is 1. The molecule has 0 heterocycles. The molecule has 0 saturated carbocycles. The summed E-state index contributed by atoms with van der Waals surface area (Å²) < 4.78 is 0. The quantitative estimate of drug-likeness (QED) is 0.710. The topological polar surface area (TPSA) is 20.2 Å². The number of hydrogen-bond donors (Lipinski definition) is 1. The van der Waals surface area contributed by atoms with Gasteiger partial charge in [0.15, 0.2) is 0 Å². The Morgan fingerprint density at radius 1 is 1.21 bits per heavy atom. The number of rotatable bonds is 2. The van der Waals surface area contributed by atoms with E-state index < -0.39 is 0 Å². The molecule has 0 aliphatic heterocycles. The first-order valence-corrected chi connectivity index (χ1v) is 4.63. The fraction of sp³-hybridized carbons (Fsp3) is 0.0769. The molecule has 0 unspecified atom stereocenters. The van der Waals surface area contributed by atoms with E-state index in [4.69, 9.17) is 0 Å². The van der Waals surface area contributed by atoms with Gasteiger partial charge in [-0.25, -0.2) is 0 Å². The molecule has 0 fully saturated rings. The van der Waals surface area contributed by atoms with Crippen LogP contribution in [0.3, 0.4) is 0 Å². The van der Waals surface area contributed by atoms with Gasteiger partial charge in [0.05, 0.1) is 0 Å². The van der Waals surface area contributed by atoms with Crippen LogP contribution in [0.15, 0.2) is 49.1 Å². The largest absolute Gasteiger partial charge is 0.507 e. The Hall–Kier alpha value is -1.76. The molecule has 0 atom stereocenters. The zero-order valence-electron chi connectivity index (χ0n) is 7.90. The van der Waals surface area contributed by atoms with Gasteiger partial charge in [-0.2, -0.15) is 0 Å². The normalized spacial score (nSPS) is 10.3. The van der Waals surface area contributed by atoms with E-state index in [2.05, 4.69) is 12.6 Å². The van der Waals surface area contributed by atoms with E-state index in [9.17, 15) is 5.11 Å². The summed E-state index contributed by atoms with van der Waals surface area (Å²) in [7, 11) is 0. The average molecular weight is 184 g/mol. The molecule has 2 aromatic carbocycles. The Balaban J connectivity index is 2.61. The average Bonchev–Trinajstić information content (AvgIpc) is 2.18. The minimum atomic E-state index is 0.340. The van der Waals surface area contributed by atoms with E-state index >= 15 is 0 Å². The van der Waals surface area contributed by atoms with Gasteiger partial charge < -0.3 is 5.11 Å². The Labute approximate surface area is 83.3 Å². The highest BCUT2D eigenvalue weighted by Gasteiger charge is 1.98. The number of phenolic OH excluding ortho intramolecular Hbond substituents is 1. The molecule has 2 rings (SSSR count). The third-order valence-electron chi connectivity index (χ3n) is 2.30. The highest BCUT2D eigenvalue weighted by Crippen LogP contribution is 2.25. The highest BCUT2D eigenvalue weighted by molar-refractivity contribution is 5.88. The van der Waals surface area contributed by atoms with Gasteiger partial charge in [-0.15, -0.1) is 6.58 Å². The van der Waals surface area contributed by atoms with Crippen LogP contribution in [0.4, 0.5) is 0 Å². The molecule has 0 aromatic heterocycles. The molecular formula is C13H12O. The summed E-state index contributed by atoms with van der Waals surface area (Å²) in [6.07, 6.45) is 2.75. The van der Waals surface area contributed by atoms with Gasteiger partial charge in [-0.3, -0.25) is 0 Å². The van der Waals surface area contributed by atoms with Crippen LogP contribution in [0.25, 0.3) is 10.8 Å². The molecule has 0 aliphatic rings. The third kappa shape index (κ3) is 1.49. The Morgan fingerprint density at radius 3 is 2.86 bits per heavy atom. The van der Waals surface area contributed by atoms with Gasteiger partial charge in [0.1, 0.15) is 5.75 Å². The summed E-state index contributed by atoms with van der Waals surface area (Å²) in [6, 6.07) is 11.6. The van der Waals surface area contributed by atoms with E-state index in [1.165, 1.54) is 5.56 Å². The van der Waals surface area contributed by atoms with Crippen LogP contribution in [-0.2, 0) is 6.42 Å². The van der Waals surface area contributed by atoms with Crippen LogP contribution >= 0.6 is 0 Å². The minimum absolute atomic E-state index is 0.340. The van der Waals surface area contributed by atoms with Crippen molar-refractivity contribution in [2.75, 3.05) is 0 Å². The van der Waals surface area contributed by atoms with Gasteiger partial charge in [0.25, 0.3) is 0 Å².